The van der Waals surface area contributed by atoms with E-state index in [1.54, 1.807) is 0 Å². The summed E-state index contributed by atoms with van der Waals surface area (Å²) in [5.41, 5.74) is 1.60. The van der Waals surface area contributed by atoms with Crippen molar-refractivity contribution in [1.29, 1.82) is 0 Å². The van der Waals surface area contributed by atoms with Gasteiger partial charge < -0.3 is 5.32 Å². The minimum atomic E-state index is -0.881. The van der Waals surface area contributed by atoms with E-state index in [0.29, 0.717) is 17.9 Å². The number of carbonyl (C=O) groups is 1. The van der Waals surface area contributed by atoms with Crippen molar-refractivity contribution in [2.75, 3.05) is 5.32 Å². The Kier molecular flexibility index (Phi) is 4.32. The SMILES string of the molecule is CCCCC(=O)Nc1c2c(nn1C(C)(C)C)CS(=O)C2. The Morgan fingerprint density at radius 2 is 2.10 bits per heavy atom. The molecule has 0 fully saturated rings. The van der Waals surface area contributed by atoms with Crippen LogP contribution >= 0.6 is 0 Å². The molecule has 1 atom stereocenters. The van der Waals surface area contributed by atoms with E-state index in [4.69, 9.17) is 0 Å². The van der Waals surface area contributed by atoms with Crippen molar-refractivity contribution < 1.29 is 9.00 Å². The molecule has 0 saturated heterocycles. The number of nitrogens with one attached hydrogen (secondary N) is 1. The molecule has 0 bridgehead atoms. The quantitative estimate of drug-likeness (QED) is 0.929. The molecular weight excluding hydrogens is 274 g/mol. The molecule has 112 valence electrons. The van der Waals surface area contributed by atoms with Gasteiger partial charge in [0.15, 0.2) is 0 Å². The molecule has 6 heteroatoms. The minimum Gasteiger partial charge on any atom is -0.311 e. The minimum absolute atomic E-state index is 0.0118. The Bertz CT molecular complexity index is 543. The summed E-state index contributed by atoms with van der Waals surface area (Å²) in [4.78, 5) is 12.0. The fourth-order valence-corrected chi connectivity index (χ4v) is 3.54. The van der Waals surface area contributed by atoms with Crippen LogP contribution in [-0.4, -0.2) is 19.9 Å². The van der Waals surface area contributed by atoms with Gasteiger partial charge in [-0.25, -0.2) is 4.68 Å². The number of aromatic nitrogens is 2. The Morgan fingerprint density at radius 3 is 2.70 bits per heavy atom. The summed E-state index contributed by atoms with van der Waals surface area (Å²) in [5, 5.41) is 7.53. The van der Waals surface area contributed by atoms with Crippen LogP contribution in [0.25, 0.3) is 0 Å². The van der Waals surface area contributed by atoms with Crippen LogP contribution in [0, 0.1) is 0 Å². The number of carbonyl (C=O) groups excluding carboxylic acids is 1. The second-order valence-corrected chi connectivity index (χ2v) is 7.69. The lowest BCUT2D eigenvalue weighted by Gasteiger charge is -2.23. The van der Waals surface area contributed by atoms with E-state index >= 15 is 0 Å². The Labute approximate surface area is 122 Å². The standard InChI is InChI=1S/C14H23N3O2S/c1-5-6-7-12(18)15-13-10-8-20(19)9-11(10)16-17(13)14(2,3)4/h5-9H2,1-4H3,(H,15,18). The van der Waals surface area contributed by atoms with E-state index in [1.807, 2.05) is 25.5 Å². The van der Waals surface area contributed by atoms with Gasteiger partial charge in [0.05, 0.1) is 22.7 Å². The Hall–Kier alpha value is -1.17. The van der Waals surface area contributed by atoms with E-state index in [9.17, 15) is 9.00 Å². The first-order valence-electron chi connectivity index (χ1n) is 7.09. The van der Waals surface area contributed by atoms with E-state index in [1.165, 1.54) is 0 Å². The first-order chi connectivity index (χ1) is 9.32. The van der Waals surface area contributed by atoms with Crippen LogP contribution in [0.3, 0.4) is 0 Å². The van der Waals surface area contributed by atoms with Crippen LogP contribution in [0.15, 0.2) is 0 Å². The molecule has 1 N–H and O–H groups in total. The summed E-state index contributed by atoms with van der Waals surface area (Å²) in [5.74, 6) is 1.74. The molecule has 20 heavy (non-hydrogen) atoms. The van der Waals surface area contributed by atoms with Gasteiger partial charge in [0, 0.05) is 22.8 Å². The average Bonchev–Trinajstić information content (AvgIpc) is 2.84. The first kappa shape index (κ1) is 15.2. The lowest BCUT2D eigenvalue weighted by molar-refractivity contribution is -0.116. The Balaban J connectivity index is 2.30. The lowest BCUT2D eigenvalue weighted by Crippen LogP contribution is -2.27. The van der Waals surface area contributed by atoms with Crippen molar-refractivity contribution in [3.63, 3.8) is 0 Å². The van der Waals surface area contributed by atoms with Gasteiger partial charge in [-0.05, 0) is 27.2 Å². The zero-order chi connectivity index (χ0) is 14.9. The summed E-state index contributed by atoms with van der Waals surface area (Å²) in [7, 11) is -0.881. The third kappa shape index (κ3) is 3.11. The fourth-order valence-electron chi connectivity index (χ4n) is 2.27. The summed E-state index contributed by atoms with van der Waals surface area (Å²) < 4.78 is 13.5. The highest BCUT2D eigenvalue weighted by molar-refractivity contribution is 7.83. The highest BCUT2D eigenvalue weighted by Gasteiger charge is 2.31. The molecule has 2 rings (SSSR count). The summed E-state index contributed by atoms with van der Waals surface area (Å²) >= 11 is 0. The molecule has 2 heterocycles. The smallest absolute Gasteiger partial charge is 0.225 e. The number of unbranched alkanes of at least 4 members (excludes halogenated alkanes) is 1. The van der Waals surface area contributed by atoms with Crippen molar-refractivity contribution in [3.05, 3.63) is 11.3 Å². The number of hydrogen-bond acceptors (Lipinski definition) is 3. The fraction of sp³-hybridized carbons (Fsp3) is 0.714. The molecule has 0 saturated carbocycles. The number of rotatable bonds is 4. The van der Waals surface area contributed by atoms with Gasteiger partial charge in [-0.15, -0.1) is 0 Å². The maximum absolute atomic E-state index is 12.0. The van der Waals surface area contributed by atoms with Gasteiger partial charge >= 0.3 is 0 Å². The van der Waals surface area contributed by atoms with Gasteiger partial charge in [-0.1, -0.05) is 13.3 Å². The molecule has 1 aromatic rings. The Morgan fingerprint density at radius 1 is 1.40 bits per heavy atom. The number of hydrogen-bond donors (Lipinski definition) is 1. The molecule has 0 spiro atoms. The zero-order valence-corrected chi connectivity index (χ0v) is 13.5. The second kappa shape index (κ2) is 5.68. The van der Waals surface area contributed by atoms with Crippen molar-refractivity contribution >= 4 is 22.5 Å². The molecule has 1 unspecified atom stereocenters. The van der Waals surface area contributed by atoms with Gasteiger partial charge in [-0.2, -0.15) is 5.10 Å². The van der Waals surface area contributed by atoms with E-state index < -0.39 is 10.8 Å². The van der Waals surface area contributed by atoms with Gasteiger partial charge in [0.1, 0.15) is 5.82 Å². The van der Waals surface area contributed by atoms with Gasteiger partial charge in [0.25, 0.3) is 0 Å². The molecule has 0 aliphatic carbocycles. The highest BCUT2D eigenvalue weighted by atomic mass is 32.2. The van der Waals surface area contributed by atoms with E-state index in [0.717, 1.165) is 29.9 Å². The van der Waals surface area contributed by atoms with E-state index in [-0.39, 0.29) is 11.4 Å². The molecule has 1 aliphatic heterocycles. The van der Waals surface area contributed by atoms with Crippen LogP contribution in [0.2, 0.25) is 0 Å². The highest BCUT2D eigenvalue weighted by Crippen LogP contribution is 2.32. The largest absolute Gasteiger partial charge is 0.311 e. The summed E-state index contributed by atoms with van der Waals surface area (Å²) in [6.45, 7) is 8.21. The van der Waals surface area contributed by atoms with E-state index in [2.05, 4.69) is 17.3 Å². The van der Waals surface area contributed by atoms with Crippen LogP contribution < -0.4 is 5.32 Å². The van der Waals surface area contributed by atoms with Crippen molar-refractivity contribution in [3.8, 4) is 0 Å². The normalized spacial score (nSPS) is 18.1. The van der Waals surface area contributed by atoms with Gasteiger partial charge in [0.2, 0.25) is 5.91 Å². The monoisotopic (exact) mass is 297 g/mol. The predicted molar refractivity (Wildman–Crippen MR) is 80.9 cm³/mol. The first-order valence-corrected chi connectivity index (χ1v) is 8.57. The maximum atomic E-state index is 12.0. The second-order valence-electron chi connectivity index (χ2n) is 6.24. The molecule has 0 aromatic carbocycles. The number of amides is 1. The van der Waals surface area contributed by atoms with Crippen LogP contribution in [0.5, 0.6) is 0 Å². The van der Waals surface area contributed by atoms with Crippen LogP contribution in [0.4, 0.5) is 5.82 Å². The van der Waals surface area contributed by atoms with Crippen molar-refractivity contribution in [1.82, 2.24) is 9.78 Å². The third-order valence-electron chi connectivity index (χ3n) is 3.32. The molecule has 1 aromatic heterocycles. The molecular formula is C14H23N3O2S. The number of fused-ring (bicyclic) bond motifs is 1. The summed E-state index contributed by atoms with van der Waals surface area (Å²) in [6.07, 6.45) is 2.39. The number of nitrogens with zero attached hydrogens (tertiary/aromatic N) is 2. The average molecular weight is 297 g/mol. The number of anilines is 1. The van der Waals surface area contributed by atoms with Crippen molar-refractivity contribution in [2.45, 2.75) is 64.0 Å². The van der Waals surface area contributed by atoms with Crippen molar-refractivity contribution in [2.24, 2.45) is 0 Å². The van der Waals surface area contributed by atoms with Crippen LogP contribution in [-0.2, 0) is 32.6 Å². The molecule has 0 radical (unpaired) electrons. The molecule has 1 amide bonds. The lowest BCUT2D eigenvalue weighted by atomic mass is 10.1. The predicted octanol–water partition coefficient (Wildman–Crippen LogP) is 2.53. The van der Waals surface area contributed by atoms with Crippen LogP contribution in [0.1, 0.15) is 58.2 Å². The summed E-state index contributed by atoms with van der Waals surface area (Å²) in [6, 6.07) is 0. The zero-order valence-electron chi connectivity index (χ0n) is 12.7. The topological polar surface area (TPSA) is 64.0 Å². The molecule has 1 aliphatic rings. The van der Waals surface area contributed by atoms with Gasteiger partial charge in [-0.3, -0.25) is 9.00 Å². The maximum Gasteiger partial charge on any atom is 0.225 e. The molecule has 5 nitrogen and oxygen atoms in total. The third-order valence-corrected chi connectivity index (χ3v) is 4.53.